The topological polar surface area (TPSA) is 79.3 Å². The van der Waals surface area contributed by atoms with E-state index in [1.807, 2.05) is 6.07 Å². The molecular formula is C13H14N2O3S. The maximum absolute atomic E-state index is 12.1. The molecule has 0 aliphatic carbocycles. The summed E-state index contributed by atoms with van der Waals surface area (Å²) in [5.74, 6) is 0. The molecule has 0 aliphatic rings. The predicted molar refractivity (Wildman–Crippen MR) is 70.8 cm³/mol. The van der Waals surface area contributed by atoms with E-state index in [9.17, 15) is 13.5 Å². The molecule has 1 aromatic heterocycles. The van der Waals surface area contributed by atoms with Crippen LogP contribution in [0.3, 0.4) is 0 Å². The maximum Gasteiger partial charge on any atom is 0.258 e. The minimum atomic E-state index is -3.74. The molecule has 2 aromatic rings. The molecule has 6 heteroatoms. The molecule has 0 saturated heterocycles. The second-order valence-corrected chi connectivity index (χ2v) is 5.60. The van der Waals surface area contributed by atoms with Crippen LogP contribution in [-0.4, -0.2) is 25.1 Å². The smallest absolute Gasteiger partial charge is 0.258 e. The quantitative estimate of drug-likeness (QED) is 0.858. The van der Waals surface area contributed by atoms with Crippen LogP contribution in [0.2, 0.25) is 0 Å². The second kappa shape index (κ2) is 5.92. The van der Waals surface area contributed by atoms with Gasteiger partial charge < -0.3 is 5.11 Å². The van der Waals surface area contributed by atoms with Crippen molar-refractivity contribution in [3.05, 3.63) is 60.3 Å². The van der Waals surface area contributed by atoms with E-state index >= 15 is 0 Å². The van der Waals surface area contributed by atoms with Crippen molar-refractivity contribution in [2.24, 2.45) is 0 Å². The molecule has 100 valence electrons. The number of rotatable bonds is 5. The SMILES string of the molecule is O=S(=O)(NC(CO)c1ccccc1)c1ccccn1. The Bertz CT molecular complexity index is 615. The van der Waals surface area contributed by atoms with Crippen molar-refractivity contribution in [2.45, 2.75) is 11.1 Å². The van der Waals surface area contributed by atoms with E-state index in [2.05, 4.69) is 9.71 Å². The van der Waals surface area contributed by atoms with Gasteiger partial charge >= 0.3 is 0 Å². The Balaban J connectivity index is 2.24. The van der Waals surface area contributed by atoms with E-state index in [1.165, 1.54) is 12.3 Å². The fourth-order valence-electron chi connectivity index (χ4n) is 1.65. The molecule has 2 N–H and O–H groups in total. The molecule has 19 heavy (non-hydrogen) atoms. The zero-order valence-electron chi connectivity index (χ0n) is 10.1. The van der Waals surface area contributed by atoms with Crippen LogP contribution in [0.5, 0.6) is 0 Å². The molecule has 0 spiro atoms. The van der Waals surface area contributed by atoms with E-state index in [-0.39, 0.29) is 11.6 Å². The highest BCUT2D eigenvalue weighted by Crippen LogP contribution is 2.15. The lowest BCUT2D eigenvalue weighted by atomic mass is 10.1. The first-order valence-electron chi connectivity index (χ1n) is 5.72. The third-order valence-corrected chi connectivity index (χ3v) is 3.98. The summed E-state index contributed by atoms with van der Waals surface area (Å²) >= 11 is 0. The minimum absolute atomic E-state index is 0.0654. The van der Waals surface area contributed by atoms with Crippen LogP contribution in [-0.2, 0) is 10.0 Å². The lowest BCUT2D eigenvalue weighted by Crippen LogP contribution is -2.31. The number of hydrogen-bond donors (Lipinski definition) is 2. The molecule has 1 heterocycles. The molecule has 0 aliphatic heterocycles. The van der Waals surface area contributed by atoms with Gasteiger partial charge in [0, 0.05) is 6.20 Å². The molecule has 0 saturated carbocycles. The van der Waals surface area contributed by atoms with E-state index in [1.54, 1.807) is 36.4 Å². The van der Waals surface area contributed by atoms with Gasteiger partial charge in [0.15, 0.2) is 5.03 Å². The molecule has 2 rings (SSSR count). The zero-order chi connectivity index (χ0) is 13.7. The lowest BCUT2D eigenvalue weighted by molar-refractivity contribution is 0.259. The fraction of sp³-hybridized carbons (Fsp3) is 0.154. The number of nitrogens with one attached hydrogen (secondary N) is 1. The standard InChI is InChI=1S/C13H14N2O3S/c16-10-12(11-6-2-1-3-7-11)15-19(17,18)13-8-4-5-9-14-13/h1-9,12,15-16H,10H2. The first kappa shape index (κ1) is 13.7. The fourth-order valence-corrected chi connectivity index (χ4v) is 2.81. The predicted octanol–water partition coefficient (Wildman–Crippen LogP) is 1.09. The molecule has 0 fully saturated rings. The summed E-state index contributed by atoms with van der Waals surface area (Å²) in [6.07, 6.45) is 1.41. The number of nitrogens with zero attached hydrogens (tertiary/aromatic N) is 1. The summed E-state index contributed by atoms with van der Waals surface area (Å²) in [5.41, 5.74) is 0.699. The van der Waals surface area contributed by atoms with Crippen LogP contribution in [0.4, 0.5) is 0 Å². The summed E-state index contributed by atoms with van der Waals surface area (Å²) in [6.45, 7) is -0.323. The first-order chi connectivity index (χ1) is 9.13. The van der Waals surface area contributed by atoms with Crippen molar-refractivity contribution in [1.29, 1.82) is 0 Å². The van der Waals surface area contributed by atoms with Crippen LogP contribution in [0.25, 0.3) is 0 Å². The average Bonchev–Trinajstić information content (AvgIpc) is 2.47. The molecule has 5 nitrogen and oxygen atoms in total. The summed E-state index contributed by atoms with van der Waals surface area (Å²) in [7, 11) is -3.74. The molecule has 0 bridgehead atoms. The van der Waals surface area contributed by atoms with Crippen molar-refractivity contribution >= 4 is 10.0 Å². The molecule has 1 unspecified atom stereocenters. The Kier molecular flexibility index (Phi) is 4.26. The molecule has 1 atom stereocenters. The number of benzene rings is 1. The molecular weight excluding hydrogens is 264 g/mol. The number of aliphatic hydroxyl groups excluding tert-OH is 1. The second-order valence-electron chi connectivity index (χ2n) is 3.94. The highest BCUT2D eigenvalue weighted by atomic mass is 32.2. The van der Waals surface area contributed by atoms with Crippen LogP contribution in [0.1, 0.15) is 11.6 Å². The molecule has 0 radical (unpaired) electrons. The first-order valence-corrected chi connectivity index (χ1v) is 7.21. The van der Waals surface area contributed by atoms with Crippen molar-refractivity contribution in [3.8, 4) is 0 Å². The number of hydrogen-bond acceptors (Lipinski definition) is 4. The van der Waals surface area contributed by atoms with E-state index in [0.29, 0.717) is 5.56 Å². The van der Waals surface area contributed by atoms with Gasteiger partial charge in [-0.25, -0.2) is 13.4 Å². The third-order valence-electron chi connectivity index (χ3n) is 2.60. The number of aliphatic hydroxyl groups is 1. The Morgan fingerprint density at radius 1 is 1.11 bits per heavy atom. The van der Waals surface area contributed by atoms with Crippen molar-refractivity contribution in [1.82, 2.24) is 9.71 Å². The van der Waals surface area contributed by atoms with E-state index in [4.69, 9.17) is 0 Å². The molecule has 0 amide bonds. The number of pyridine rings is 1. The van der Waals surface area contributed by atoms with Gasteiger partial charge in [0.25, 0.3) is 10.0 Å². The Labute approximate surface area is 112 Å². The van der Waals surface area contributed by atoms with Gasteiger partial charge in [0.2, 0.25) is 0 Å². The average molecular weight is 278 g/mol. The van der Waals surface area contributed by atoms with Crippen molar-refractivity contribution in [3.63, 3.8) is 0 Å². The summed E-state index contributed by atoms with van der Waals surface area (Å²) in [5, 5.41) is 9.28. The van der Waals surface area contributed by atoms with Gasteiger partial charge in [-0.15, -0.1) is 0 Å². The van der Waals surface area contributed by atoms with Gasteiger partial charge in [-0.2, -0.15) is 4.72 Å². The van der Waals surface area contributed by atoms with E-state index < -0.39 is 16.1 Å². The van der Waals surface area contributed by atoms with Gasteiger partial charge in [0.1, 0.15) is 0 Å². The minimum Gasteiger partial charge on any atom is -0.394 e. The van der Waals surface area contributed by atoms with Crippen LogP contribution < -0.4 is 4.72 Å². The lowest BCUT2D eigenvalue weighted by Gasteiger charge is -2.16. The monoisotopic (exact) mass is 278 g/mol. The van der Waals surface area contributed by atoms with Crippen molar-refractivity contribution in [2.75, 3.05) is 6.61 Å². The van der Waals surface area contributed by atoms with Gasteiger partial charge in [-0.1, -0.05) is 36.4 Å². The van der Waals surface area contributed by atoms with Gasteiger partial charge in [-0.3, -0.25) is 0 Å². The van der Waals surface area contributed by atoms with E-state index in [0.717, 1.165) is 0 Å². The van der Waals surface area contributed by atoms with Gasteiger partial charge in [0.05, 0.1) is 12.6 Å². The number of sulfonamides is 1. The Hall–Kier alpha value is -1.76. The van der Waals surface area contributed by atoms with Crippen LogP contribution in [0.15, 0.2) is 59.8 Å². The van der Waals surface area contributed by atoms with Crippen LogP contribution in [0, 0.1) is 0 Å². The van der Waals surface area contributed by atoms with Gasteiger partial charge in [-0.05, 0) is 17.7 Å². The third kappa shape index (κ3) is 3.37. The Morgan fingerprint density at radius 3 is 2.37 bits per heavy atom. The summed E-state index contributed by atoms with van der Waals surface area (Å²) in [4.78, 5) is 3.80. The summed E-state index contributed by atoms with van der Waals surface area (Å²) < 4.78 is 26.6. The highest BCUT2D eigenvalue weighted by molar-refractivity contribution is 7.89. The Morgan fingerprint density at radius 2 is 1.79 bits per heavy atom. The maximum atomic E-state index is 12.1. The van der Waals surface area contributed by atoms with Crippen molar-refractivity contribution < 1.29 is 13.5 Å². The highest BCUT2D eigenvalue weighted by Gasteiger charge is 2.21. The normalized spacial score (nSPS) is 13.1. The largest absolute Gasteiger partial charge is 0.394 e. The number of aromatic nitrogens is 1. The summed E-state index contributed by atoms with van der Waals surface area (Å²) in [6, 6.07) is 12.8. The zero-order valence-corrected chi connectivity index (χ0v) is 10.9. The molecule has 1 aromatic carbocycles. The van der Waals surface area contributed by atoms with Crippen LogP contribution >= 0.6 is 0 Å².